The van der Waals surface area contributed by atoms with Crippen LogP contribution in [-0.4, -0.2) is 46.6 Å². The minimum atomic E-state index is -1.02. The molecule has 0 saturated heterocycles. The highest BCUT2D eigenvalue weighted by atomic mass is 16.5. The highest BCUT2D eigenvalue weighted by Crippen LogP contribution is 2.23. The van der Waals surface area contributed by atoms with E-state index in [4.69, 9.17) is 10.3 Å². The first-order valence-corrected chi connectivity index (χ1v) is 8.35. The smallest absolute Gasteiger partial charge is 0.411 e. The molecule has 0 aliphatic heterocycles. The van der Waals surface area contributed by atoms with Crippen molar-refractivity contribution in [2.24, 2.45) is 0 Å². The van der Waals surface area contributed by atoms with Gasteiger partial charge in [0.05, 0.1) is 6.10 Å². The van der Waals surface area contributed by atoms with Gasteiger partial charge in [0.2, 0.25) is 0 Å². The van der Waals surface area contributed by atoms with Crippen LogP contribution >= 0.6 is 0 Å². The number of nitrogens with zero attached hydrogens (tertiary/aromatic N) is 1. The van der Waals surface area contributed by atoms with Gasteiger partial charge in [-0.3, -0.25) is 20.2 Å². The number of aliphatic hydroxyl groups excluding tert-OH is 1. The zero-order chi connectivity index (χ0) is 20.0. The molecule has 0 heterocycles. The molecule has 2 aromatic carbocycles. The Hall–Kier alpha value is -2.94. The molecule has 8 nitrogen and oxygen atoms in total. The third kappa shape index (κ3) is 5.27. The van der Waals surface area contributed by atoms with Crippen molar-refractivity contribution in [1.29, 1.82) is 0 Å². The molecule has 0 saturated carbocycles. The molecule has 8 heteroatoms. The molecule has 2 atom stereocenters. The Morgan fingerprint density at radius 1 is 1.04 bits per heavy atom. The van der Waals surface area contributed by atoms with Crippen LogP contribution in [0.5, 0.6) is 0 Å². The van der Waals surface area contributed by atoms with E-state index in [1.807, 2.05) is 36.4 Å². The molecule has 2 amide bonds. The monoisotopic (exact) mass is 373 g/mol. The molecule has 0 aliphatic carbocycles. The van der Waals surface area contributed by atoms with Crippen LogP contribution < -0.4 is 15.7 Å². The molecule has 27 heavy (non-hydrogen) atoms. The fourth-order valence-electron chi connectivity index (χ4n) is 2.58. The highest BCUT2D eigenvalue weighted by molar-refractivity contribution is 5.85. The van der Waals surface area contributed by atoms with Crippen LogP contribution in [0, 0.1) is 0 Å². The van der Waals surface area contributed by atoms with E-state index in [-0.39, 0.29) is 0 Å². The number of aliphatic hydroxyl groups is 1. The molecule has 0 aromatic heterocycles. The lowest BCUT2D eigenvalue weighted by Crippen LogP contribution is -2.49. The van der Waals surface area contributed by atoms with E-state index in [0.29, 0.717) is 12.2 Å². The minimum absolute atomic E-state index is 0.339. The topological polar surface area (TPSA) is 122 Å². The highest BCUT2D eigenvalue weighted by Gasteiger charge is 2.22. The first-order valence-electron chi connectivity index (χ1n) is 8.35. The summed E-state index contributed by atoms with van der Waals surface area (Å²) in [4.78, 5) is 23.6. The Labute approximate surface area is 157 Å². The average Bonchev–Trinajstić information content (AvgIpc) is 2.67. The third-order valence-electron chi connectivity index (χ3n) is 4.23. The molecule has 2 aromatic rings. The summed E-state index contributed by atoms with van der Waals surface area (Å²) in [5.41, 5.74) is 4.92. The number of carbonyl (C=O) groups excluding carboxylic acids is 1. The number of hydrogen-bond acceptors (Lipinski definition) is 5. The predicted octanol–water partition coefficient (Wildman–Crippen LogP) is 1.81. The Morgan fingerprint density at radius 3 is 2.00 bits per heavy atom. The Balaban J connectivity index is 2.04. The van der Waals surface area contributed by atoms with Gasteiger partial charge in [0.15, 0.2) is 0 Å². The summed E-state index contributed by atoms with van der Waals surface area (Å²) < 4.78 is 0. The number of nitrogens with one attached hydrogen (secondary N) is 2. The van der Waals surface area contributed by atoms with Gasteiger partial charge in [-0.15, -0.1) is 0 Å². The molecule has 0 spiro atoms. The molecule has 0 radical (unpaired) electrons. The Morgan fingerprint density at radius 2 is 1.56 bits per heavy atom. The summed E-state index contributed by atoms with van der Waals surface area (Å²) in [5.74, 6) is -0.701. The van der Waals surface area contributed by atoms with Crippen molar-refractivity contribution in [2.75, 3.05) is 11.9 Å². The van der Waals surface area contributed by atoms with E-state index >= 15 is 0 Å². The molecule has 2 rings (SSSR count). The third-order valence-corrected chi connectivity index (χ3v) is 4.23. The molecule has 0 aliphatic rings. The maximum absolute atomic E-state index is 11.5. The van der Waals surface area contributed by atoms with Gasteiger partial charge < -0.3 is 10.2 Å². The van der Waals surface area contributed by atoms with Gasteiger partial charge >= 0.3 is 6.09 Å². The predicted molar refractivity (Wildman–Crippen MR) is 101 cm³/mol. The summed E-state index contributed by atoms with van der Waals surface area (Å²) in [5, 5.41) is 30.2. The molecular weight excluding hydrogens is 350 g/mol. The van der Waals surface area contributed by atoms with Crippen LogP contribution in [0.4, 0.5) is 10.5 Å². The van der Waals surface area contributed by atoms with E-state index in [1.165, 1.54) is 19.5 Å². The van der Waals surface area contributed by atoms with Crippen molar-refractivity contribution in [1.82, 2.24) is 10.8 Å². The van der Waals surface area contributed by atoms with Crippen LogP contribution in [0.15, 0.2) is 48.5 Å². The van der Waals surface area contributed by atoms with Crippen LogP contribution in [-0.2, 0) is 11.3 Å². The number of hydrogen-bond donors (Lipinski definition) is 5. The van der Waals surface area contributed by atoms with E-state index < -0.39 is 24.1 Å². The fourth-order valence-corrected chi connectivity index (χ4v) is 2.58. The second-order valence-corrected chi connectivity index (χ2v) is 6.16. The molecule has 144 valence electrons. The minimum Gasteiger partial charge on any atom is -0.465 e. The van der Waals surface area contributed by atoms with Crippen molar-refractivity contribution < 1.29 is 25.0 Å². The Bertz CT molecular complexity index is 775. The number of benzene rings is 2. The van der Waals surface area contributed by atoms with Crippen molar-refractivity contribution in [2.45, 2.75) is 25.6 Å². The summed E-state index contributed by atoms with van der Waals surface area (Å²) in [7, 11) is 1.48. The zero-order valence-corrected chi connectivity index (χ0v) is 15.1. The quantitative estimate of drug-likeness (QED) is 0.373. The molecule has 0 unspecified atom stereocenters. The molecule has 5 N–H and O–H groups in total. The first-order chi connectivity index (χ1) is 12.8. The largest absolute Gasteiger partial charge is 0.465 e. The van der Waals surface area contributed by atoms with Gasteiger partial charge in [0, 0.05) is 19.3 Å². The van der Waals surface area contributed by atoms with E-state index in [9.17, 15) is 14.7 Å². The van der Waals surface area contributed by atoms with Crippen LogP contribution in [0.25, 0.3) is 11.1 Å². The summed E-state index contributed by atoms with van der Waals surface area (Å²) >= 11 is 0. The maximum Gasteiger partial charge on any atom is 0.411 e. The normalized spacial score (nSPS) is 12.9. The standard InChI is InChI=1S/C19H23N3O5/c1-12(23)17(18(24)21-27)20-11-13-3-5-14(6-4-13)15-7-9-16(10-8-15)22(2)19(25)26/h3-10,12,17,20,23,27H,11H2,1-2H3,(H,21,24)(H,25,26)/t12-,17+/m1/s1. The van der Waals surface area contributed by atoms with Gasteiger partial charge in [-0.05, 0) is 35.7 Å². The number of hydroxylamine groups is 1. The first kappa shape index (κ1) is 20.4. The van der Waals surface area contributed by atoms with Crippen LogP contribution in [0.2, 0.25) is 0 Å². The van der Waals surface area contributed by atoms with Crippen molar-refractivity contribution >= 4 is 17.7 Å². The van der Waals surface area contributed by atoms with Gasteiger partial charge in [0.25, 0.3) is 5.91 Å². The van der Waals surface area contributed by atoms with Gasteiger partial charge in [0.1, 0.15) is 6.04 Å². The summed E-state index contributed by atoms with van der Waals surface area (Å²) in [6.45, 7) is 1.80. The number of rotatable bonds is 7. The second-order valence-electron chi connectivity index (χ2n) is 6.16. The van der Waals surface area contributed by atoms with Crippen molar-refractivity contribution in [3.8, 4) is 11.1 Å². The Kier molecular flexibility index (Phi) is 6.89. The summed E-state index contributed by atoms with van der Waals surface area (Å²) in [6.07, 6.45) is -1.98. The lowest BCUT2D eigenvalue weighted by Gasteiger charge is -2.19. The molecule has 0 bridgehead atoms. The fraction of sp³-hybridized carbons (Fsp3) is 0.263. The maximum atomic E-state index is 11.5. The number of carbonyl (C=O) groups is 2. The number of amides is 2. The van der Waals surface area contributed by atoms with Gasteiger partial charge in [-0.25, -0.2) is 10.3 Å². The lowest BCUT2D eigenvalue weighted by atomic mass is 10.0. The lowest BCUT2D eigenvalue weighted by molar-refractivity contribution is -0.134. The average molecular weight is 373 g/mol. The van der Waals surface area contributed by atoms with Crippen molar-refractivity contribution in [3.63, 3.8) is 0 Å². The van der Waals surface area contributed by atoms with Gasteiger partial charge in [-0.1, -0.05) is 36.4 Å². The molecular formula is C19H23N3O5. The zero-order valence-electron chi connectivity index (χ0n) is 15.1. The van der Waals surface area contributed by atoms with E-state index in [2.05, 4.69) is 5.32 Å². The van der Waals surface area contributed by atoms with Crippen LogP contribution in [0.1, 0.15) is 12.5 Å². The second kappa shape index (κ2) is 9.13. The number of anilines is 1. The molecule has 0 fully saturated rings. The van der Waals surface area contributed by atoms with Crippen molar-refractivity contribution in [3.05, 3.63) is 54.1 Å². The van der Waals surface area contributed by atoms with Gasteiger partial charge in [-0.2, -0.15) is 0 Å². The van der Waals surface area contributed by atoms with E-state index in [0.717, 1.165) is 21.6 Å². The SMILES string of the molecule is C[C@@H](O)[C@H](NCc1ccc(-c2ccc(N(C)C(=O)O)cc2)cc1)C(=O)NO. The number of carboxylic acid groups (broad SMARTS) is 1. The summed E-state index contributed by atoms with van der Waals surface area (Å²) in [6, 6.07) is 13.8. The van der Waals surface area contributed by atoms with Crippen LogP contribution in [0.3, 0.4) is 0 Å². The van der Waals surface area contributed by atoms with E-state index in [1.54, 1.807) is 12.1 Å².